The van der Waals surface area contributed by atoms with E-state index in [1.807, 2.05) is 32.0 Å². The van der Waals surface area contributed by atoms with Crippen molar-refractivity contribution in [1.82, 2.24) is 10.3 Å². The molecular weight excluding hydrogens is 328 g/mol. The summed E-state index contributed by atoms with van der Waals surface area (Å²) in [6, 6.07) is 8.60. The topological polar surface area (TPSA) is 60.5 Å². The van der Waals surface area contributed by atoms with Gasteiger partial charge in [-0.25, -0.2) is 4.98 Å². The number of methoxy groups -OCH3 is 1. The second-order valence-electron chi connectivity index (χ2n) is 5.32. The number of aromatic nitrogens is 1. The van der Waals surface area contributed by atoms with Gasteiger partial charge in [-0.3, -0.25) is 4.79 Å². The lowest BCUT2D eigenvalue weighted by Gasteiger charge is -2.17. The molecule has 0 fully saturated rings. The van der Waals surface area contributed by atoms with Crippen LogP contribution in [0, 0.1) is 0 Å². The molecule has 1 aromatic heterocycles. The Morgan fingerprint density at radius 1 is 1.29 bits per heavy atom. The summed E-state index contributed by atoms with van der Waals surface area (Å²) in [5.74, 6) is 1.13. The Hall–Kier alpha value is -2.27. The number of hydrogen-bond donors (Lipinski definition) is 1. The third-order valence-corrected chi connectivity index (χ3v) is 3.69. The van der Waals surface area contributed by atoms with E-state index < -0.39 is 0 Å². The van der Waals surface area contributed by atoms with Gasteiger partial charge in [-0.05, 0) is 43.2 Å². The predicted molar refractivity (Wildman–Crippen MR) is 93.9 cm³/mol. The highest BCUT2D eigenvalue weighted by atomic mass is 35.5. The first-order chi connectivity index (χ1) is 11.5. The van der Waals surface area contributed by atoms with E-state index in [-0.39, 0.29) is 17.1 Å². The fourth-order valence-corrected chi connectivity index (χ4v) is 2.37. The van der Waals surface area contributed by atoms with Crippen LogP contribution < -0.4 is 14.8 Å². The minimum absolute atomic E-state index is 0.196. The molecule has 1 atom stereocenters. The first-order valence-corrected chi connectivity index (χ1v) is 8.16. The van der Waals surface area contributed by atoms with Gasteiger partial charge in [0.2, 0.25) is 0 Å². The quantitative estimate of drug-likeness (QED) is 0.767. The first kappa shape index (κ1) is 18.1. The van der Waals surface area contributed by atoms with Gasteiger partial charge in [0, 0.05) is 11.8 Å². The lowest BCUT2D eigenvalue weighted by molar-refractivity contribution is 0.0939. The summed E-state index contributed by atoms with van der Waals surface area (Å²) in [5.41, 5.74) is 1.39. The molecule has 1 amide bonds. The average Bonchev–Trinajstić information content (AvgIpc) is 2.59. The fraction of sp³-hybridized carbons (Fsp3) is 0.333. The highest BCUT2D eigenvalue weighted by Crippen LogP contribution is 2.30. The Bertz CT molecular complexity index is 706. The molecule has 1 aromatic carbocycles. The van der Waals surface area contributed by atoms with Crippen LogP contribution >= 0.6 is 11.6 Å². The smallest absolute Gasteiger partial charge is 0.251 e. The molecule has 0 aliphatic carbocycles. The molecule has 24 heavy (non-hydrogen) atoms. The number of carbonyl (C=O) groups excluding carboxylic acids is 1. The first-order valence-electron chi connectivity index (χ1n) is 7.78. The lowest BCUT2D eigenvalue weighted by Crippen LogP contribution is -2.26. The predicted octanol–water partition coefficient (Wildman–Crippen LogP) is 4.02. The molecule has 0 aliphatic rings. The van der Waals surface area contributed by atoms with Crippen molar-refractivity contribution in [3.8, 4) is 11.5 Å². The minimum Gasteiger partial charge on any atom is -0.493 e. The Morgan fingerprint density at radius 3 is 2.75 bits per heavy atom. The van der Waals surface area contributed by atoms with Gasteiger partial charge in [-0.2, -0.15) is 0 Å². The van der Waals surface area contributed by atoms with E-state index in [1.165, 1.54) is 12.3 Å². The molecule has 0 saturated heterocycles. The zero-order chi connectivity index (χ0) is 17.5. The lowest BCUT2D eigenvalue weighted by atomic mass is 10.1. The van der Waals surface area contributed by atoms with Crippen LogP contribution in [0.2, 0.25) is 5.15 Å². The number of nitrogens with zero attached hydrogens (tertiary/aromatic N) is 1. The van der Waals surface area contributed by atoms with E-state index in [4.69, 9.17) is 21.1 Å². The van der Waals surface area contributed by atoms with Crippen LogP contribution in [0.4, 0.5) is 0 Å². The molecule has 5 nitrogen and oxygen atoms in total. The second-order valence-corrected chi connectivity index (χ2v) is 5.71. The van der Waals surface area contributed by atoms with Crippen molar-refractivity contribution in [2.45, 2.75) is 26.3 Å². The highest BCUT2D eigenvalue weighted by molar-refractivity contribution is 6.29. The zero-order valence-corrected chi connectivity index (χ0v) is 14.8. The number of ether oxygens (including phenoxy) is 2. The maximum atomic E-state index is 12.3. The average molecular weight is 349 g/mol. The Labute approximate surface area is 147 Å². The van der Waals surface area contributed by atoms with Crippen molar-refractivity contribution in [2.24, 2.45) is 0 Å². The van der Waals surface area contributed by atoms with Crippen molar-refractivity contribution < 1.29 is 14.3 Å². The number of benzene rings is 1. The van der Waals surface area contributed by atoms with E-state index >= 15 is 0 Å². The Morgan fingerprint density at radius 2 is 2.08 bits per heavy atom. The monoisotopic (exact) mass is 348 g/mol. The molecule has 0 saturated carbocycles. The summed E-state index contributed by atoms with van der Waals surface area (Å²) < 4.78 is 11.0. The maximum absolute atomic E-state index is 12.3. The highest BCUT2D eigenvalue weighted by Gasteiger charge is 2.14. The van der Waals surface area contributed by atoms with Gasteiger partial charge in [0.25, 0.3) is 5.91 Å². The Balaban J connectivity index is 2.11. The van der Waals surface area contributed by atoms with Gasteiger partial charge >= 0.3 is 0 Å². The molecule has 0 radical (unpaired) electrons. The van der Waals surface area contributed by atoms with Crippen molar-refractivity contribution in [3.05, 3.63) is 52.8 Å². The van der Waals surface area contributed by atoms with Crippen LogP contribution in [0.3, 0.4) is 0 Å². The van der Waals surface area contributed by atoms with Gasteiger partial charge in [0.05, 0.1) is 19.8 Å². The number of hydrogen-bond acceptors (Lipinski definition) is 4. The van der Waals surface area contributed by atoms with Crippen LogP contribution in [0.1, 0.15) is 42.2 Å². The molecule has 1 N–H and O–H groups in total. The molecule has 2 rings (SSSR count). The summed E-state index contributed by atoms with van der Waals surface area (Å²) in [7, 11) is 1.60. The van der Waals surface area contributed by atoms with Crippen molar-refractivity contribution in [2.75, 3.05) is 13.7 Å². The number of carbonyl (C=O) groups is 1. The third kappa shape index (κ3) is 4.61. The van der Waals surface area contributed by atoms with Crippen LogP contribution in [0.5, 0.6) is 11.5 Å². The van der Waals surface area contributed by atoms with E-state index in [0.717, 1.165) is 12.0 Å². The van der Waals surface area contributed by atoms with E-state index in [0.29, 0.717) is 23.7 Å². The molecule has 0 unspecified atom stereocenters. The zero-order valence-electron chi connectivity index (χ0n) is 14.0. The molecule has 0 aliphatic heterocycles. The largest absolute Gasteiger partial charge is 0.493 e. The summed E-state index contributed by atoms with van der Waals surface area (Å²) >= 11 is 5.82. The van der Waals surface area contributed by atoms with Crippen molar-refractivity contribution in [1.29, 1.82) is 0 Å². The van der Waals surface area contributed by atoms with Gasteiger partial charge in [0.1, 0.15) is 5.15 Å². The number of rotatable bonds is 7. The second kappa shape index (κ2) is 8.55. The van der Waals surface area contributed by atoms with Crippen LogP contribution in [0.25, 0.3) is 0 Å². The van der Waals surface area contributed by atoms with Crippen LogP contribution in [-0.4, -0.2) is 24.6 Å². The summed E-state index contributed by atoms with van der Waals surface area (Å²) in [6.07, 6.45) is 2.43. The summed E-state index contributed by atoms with van der Waals surface area (Å²) in [5, 5.41) is 3.22. The normalized spacial score (nSPS) is 11.7. The SMILES string of the molecule is CCCOc1ccc([C@@H](C)NC(=O)c2ccnc(Cl)c2)cc1OC. The summed E-state index contributed by atoms with van der Waals surface area (Å²) in [4.78, 5) is 16.2. The van der Waals surface area contributed by atoms with E-state index in [2.05, 4.69) is 10.3 Å². The van der Waals surface area contributed by atoms with Gasteiger partial charge in [0.15, 0.2) is 11.5 Å². The molecule has 6 heteroatoms. The standard InChI is InChI=1S/C18H21ClN2O3/c1-4-9-24-15-6-5-13(10-16(15)23-3)12(2)21-18(22)14-7-8-20-17(19)11-14/h5-8,10-12H,4,9H2,1-3H3,(H,21,22)/t12-/m1/s1. The molecule has 0 bridgehead atoms. The Kier molecular flexibility index (Phi) is 6.44. The molecular formula is C18H21ClN2O3. The van der Waals surface area contributed by atoms with E-state index in [1.54, 1.807) is 13.2 Å². The number of halogens is 1. The fourth-order valence-electron chi connectivity index (χ4n) is 2.19. The van der Waals surface area contributed by atoms with E-state index in [9.17, 15) is 4.79 Å². The number of amides is 1. The van der Waals surface area contributed by atoms with Gasteiger partial charge in [-0.15, -0.1) is 0 Å². The minimum atomic E-state index is -0.211. The molecule has 128 valence electrons. The van der Waals surface area contributed by atoms with Gasteiger partial charge < -0.3 is 14.8 Å². The van der Waals surface area contributed by atoms with Gasteiger partial charge in [-0.1, -0.05) is 24.6 Å². The van der Waals surface area contributed by atoms with Crippen LogP contribution in [0.15, 0.2) is 36.5 Å². The molecule has 1 heterocycles. The maximum Gasteiger partial charge on any atom is 0.251 e. The molecule has 0 spiro atoms. The third-order valence-electron chi connectivity index (χ3n) is 3.49. The van der Waals surface area contributed by atoms with Crippen LogP contribution in [-0.2, 0) is 0 Å². The number of nitrogens with one attached hydrogen (secondary N) is 1. The van der Waals surface area contributed by atoms with Crippen molar-refractivity contribution in [3.63, 3.8) is 0 Å². The van der Waals surface area contributed by atoms with Crippen molar-refractivity contribution >= 4 is 17.5 Å². The molecule has 2 aromatic rings. The summed E-state index contributed by atoms with van der Waals surface area (Å²) in [6.45, 7) is 4.58. The number of pyridine rings is 1.